The van der Waals surface area contributed by atoms with Crippen molar-refractivity contribution in [1.82, 2.24) is 14.8 Å². The predicted octanol–water partition coefficient (Wildman–Crippen LogP) is 1.28. The minimum absolute atomic E-state index is 0.107. The van der Waals surface area contributed by atoms with Crippen molar-refractivity contribution in [3.05, 3.63) is 65.2 Å². The molecule has 3 rings (SSSR count). The Hall–Kier alpha value is -2.80. The molecule has 2 amide bonds. The molecule has 1 fully saturated rings. The Kier molecular flexibility index (Phi) is 5.04. The zero-order valence-corrected chi connectivity index (χ0v) is 13.7. The summed E-state index contributed by atoms with van der Waals surface area (Å²) < 4.78 is 12.9. The molecule has 6 nitrogen and oxygen atoms in total. The second-order valence-corrected chi connectivity index (χ2v) is 5.99. The maximum atomic E-state index is 12.9. The van der Waals surface area contributed by atoms with Crippen LogP contribution in [0.3, 0.4) is 0 Å². The van der Waals surface area contributed by atoms with Gasteiger partial charge in [0.25, 0.3) is 11.8 Å². The number of carbonyl (C=O) groups is 2. The van der Waals surface area contributed by atoms with Gasteiger partial charge in [0.1, 0.15) is 11.5 Å². The fraction of sp³-hybridized carbons (Fsp3) is 0.278. The van der Waals surface area contributed by atoms with E-state index in [0.717, 1.165) is 25.2 Å². The third kappa shape index (κ3) is 4.19. The minimum Gasteiger partial charge on any atom is -0.364 e. The highest BCUT2D eigenvalue weighted by Crippen LogP contribution is 2.12. The van der Waals surface area contributed by atoms with Crippen LogP contribution in [0.4, 0.5) is 4.39 Å². The minimum atomic E-state index is -0.617. The van der Waals surface area contributed by atoms with Crippen LogP contribution in [-0.4, -0.2) is 52.8 Å². The van der Waals surface area contributed by atoms with Crippen LogP contribution in [0.1, 0.15) is 26.4 Å². The Labute approximate surface area is 145 Å². The molecule has 25 heavy (non-hydrogen) atoms. The summed E-state index contributed by atoms with van der Waals surface area (Å²) in [4.78, 5) is 31.4. The van der Waals surface area contributed by atoms with Gasteiger partial charge in [0.2, 0.25) is 0 Å². The smallest absolute Gasteiger partial charge is 0.267 e. The number of benzene rings is 1. The maximum absolute atomic E-state index is 12.9. The number of nitrogens with zero attached hydrogens (tertiary/aromatic N) is 3. The Balaban J connectivity index is 1.55. The molecule has 0 aliphatic carbocycles. The number of halogens is 1. The summed E-state index contributed by atoms with van der Waals surface area (Å²) in [7, 11) is 0. The molecular formula is C18H19FN4O2. The van der Waals surface area contributed by atoms with E-state index in [0.29, 0.717) is 18.7 Å². The average Bonchev–Trinajstić information content (AvgIpc) is 2.64. The highest BCUT2D eigenvalue weighted by Gasteiger charge is 2.22. The molecule has 130 valence electrons. The molecule has 0 atom stereocenters. The van der Waals surface area contributed by atoms with Crippen LogP contribution in [-0.2, 0) is 6.54 Å². The van der Waals surface area contributed by atoms with Gasteiger partial charge in [-0.15, -0.1) is 0 Å². The SMILES string of the molecule is NC(=O)c1ccc(C(=O)N2CCN(Cc3ccc(F)cc3)CC2)cn1. The van der Waals surface area contributed by atoms with Crippen molar-refractivity contribution in [3.8, 4) is 0 Å². The molecule has 1 aliphatic heterocycles. The lowest BCUT2D eigenvalue weighted by molar-refractivity contribution is 0.0627. The van der Waals surface area contributed by atoms with Gasteiger partial charge in [0.05, 0.1) is 5.56 Å². The number of piperazine rings is 1. The van der Waals surface area contributed by atoms with Gasteiger partial charge >= 0.3 is 0 Å². The average molecular weight is 342 g/mol. The van der Waals surface area contributed by atoms with Crippen LogP contribution in [0.5, 0.6) is 0 Å². The highest BCUT2D eigenvalue weighted by atomic mass is 19.1. The summed E-state index contributed by atoms with van der Waals surface area (Å²) in [6.45, 7) is 3.44. The van der Waals surface area contributed by atoms with Crippen molar-refractivity contribution >= 4 is 11.8 Å². The first-order valence-corrected chi connectivity index (χ1v) is 8.05. The van der Waals surface area contributed by atoms with Crippen LogP contribution in [0.25, 0.3) is 0 Å². The Bertz CT molecular complexity index is 754. The van der Waals surface area contributed by atoms with E-state index in [1.54, 1.807) is 23.1 Å². The second-order valence-electron chi connectivity index (χ2n) is 5.99. The summed E-state index contributed by atoms with van der Waals surface area (Å²) in [6, 6.07) is 9.49. The van der Waals surface area contributed by atoms with Crippen molar-refractivity contribution in [2.75, 3.05) is 26.2 Å². The molecule has 2 N–H and O–H groups in total. The number of carbonyl (C=O) groups excluding carboxylic acids is 2. The lowest BCUT2D eigenvalue weighted by Crippen LogP contribution is -2.48. The molecule has 2 aromatic rings. The lowest BCUT2D eigenvalue weighted by Gasteiger charge is -2.34. The van der Waals surface area contributed by atoms with E-state index in [4.69, 9.17) is 5.73 Å². The van der Waals surface area contributed by atoms with E-state index >= 15 is 0 Å². The summed E-state index contributed by atoms with van der Waals surface area (Å²) >= 11 is 0. The van der Waals surface area contributed by atoms with Crippen LogP contribution in [0, 0.1) is 5.82 Å². The maximum Gasteiger partial charge on any atom is 0.267 e. The van der Waals surface area contributed by atoms with E-state index in [2.05, 4.69) is 9.88 Å². The molecule has 0 spiro atoms. The highest BCUT2D eigenvalue weighted by molar-refractivity contribution is 5.95. The number of rotatable bonds is 4. The summed E-state index contributed by atoms with van der Waals surface area (Å²) in [5.74, 6) is -0.964. The first kappa shape index (κ1) is 17.0. The summed E-state index contributed by atoms with van der Waals surface area (Å²) in [5, 5.41) is 0. The fourth-order valence-electron chi connectivity index (χ4n) is 2.81. The van der Waals surface area contributed by atoms with Gasteiger partial charge in [-0.25, -0.2) is 4.39 Å². The van der Waals surface area contributed by atoms with Gasteiger partial charge in [-0.3, -0.25) is 19.5 Å². The first-order valence-electron chi connectivity index (χ1n) is 8.05. The van der Waals surface area contributed by atoms with E-state index in [-0.39, 0.29) is 17.4 Å². The van der Waals surface area contributed by atoms with Crippen LogP contribution >= 0.6 is 0 Å². The van der Waals surface area contributed by atoms with Crippen molar-refractivity contribution in [3.63, 3.8) is 0 Å². The first-order chi connectivity index (χ1) is 12.0. The Morgan fingerprint density at radius 1 is 1.04 bits per heavy atom. The van der Waals surface area contributed by atoms with E-state index < -0.39 is 5.91 Å². The number of hydrogen-bond donors (Lipinski definition) is 1. The summed E-state index contributed by atoms with van der Waals surface area (Å²) in [6.07, 6.45) is 1.38. The zero-order valence-electron chi connectivity index (χ0n) is 13.7. The fourth-order valence-corrected chi connectivity index (χ4v) is 2.81. The van der Waals surface area contributed by atoms with Gasteiger partial charge in [-0.05, 0) is 29.8 Å². The molecule has 1 aromatic carbocycles. The Morgan fingerprint density at radius 2 is 1.72 bits per heavy atom. The van der Waals surface area contributed by atoms with Gasteiger partial charge in [-0.2, -0.15) is 0 Å². The molecule has 2 heterocycles. The second kappa shape index (κ2) is 7.40. The monoisotopic (exact) mass is 342 g/mol. The standard InChI is InChI=1S/C18H19FN4O2/c19-15-4-1-13(2-5-15)12-22-7-9-23(10-8-22)18(25)14-3-6-16(17(20)24)21-11-14/h1-6,11H,7-10,12H2,(H2,20,24). The van der Waals surface area contributed by atoms with Crippen molar-refractivity contribution in [2.24, 2.45) is 5.73 Å². The molecule has 0 radical (unpaired) electrons. The lowest BCUT2D eigenvalue weighted by atomic mass is 10.1. The molecule has 1 aliphatic rings. The molecule has 0 saturated carbocycles. The number of nitrogens with two attached hydrogens (primary N) is 1. The number of primary amides is 1. The van der Waals surface area contributed by atoms with Crippen LogP contribution < -0.4 is 5.73 Å². The zero-order chi connectivity index (χ0) is 17.8. The quantitative estimate of drug-likeness (QED) is 0.908. The van der Waals surface area contributed by atoms with Gasteiger partial charge in [-0.1, -0.05) is 12.1 Å². The van der Waals surface area contributed by atoms with Crippen LogP contribution in [0.15, 0.2) is 42.6 Å². The van der Waals surface area contributed by atoms with E-state index in [9.17, 15) is 14.0 Å². The predicted molar refractivity (Wildman–Crippen MR) is 90.3 cm³/mol. The van der Waals surface area contributed by atoms with E-state index in [1.807, 2.05) is 0 Å². The molecular weight excluding hydrogens is 323 g/mol. The summed E-state index contributed by atoms with van der Waals surface area (Å²) in [5.41, 5.74) is 6.78. The molecule has 0 unspecified atom stereocenters. The molecule has 7 heteroatoms. The number of aromatic nitrogens is 1. The van der Waals surface area contributed by atoms with E-state index in [1.165, 1.54) is 24.4 Å². The Morgan fingerprint density at radius 3 is 2.28 bits per heavy atom. The molecule has 0 bridgehead atoms. The molecule has 1 saturated heterocycles. The van der Waals surface area contributed by atoms with Gasteiger partial charge in [0.15, 0.2) is 0 Å². The normalized spacial score (nSPS) is 15.2. The van der Waals surface area contributed by atoms with Gasteiger partial charge in [0, 0.05) is 38.9 Å². The molecule has 1 aromatic heterocycles. The number of pyridine rings is 1. The topological polar surface area (TPSA) is 79.5 Å². The van der Waals surface area contributed by atoms with Gasteiger partial charge < -0.3 is 10.6 Å². The van der Waals surface area contributed by atoms with Crippen molar-refractivity contribution in [2.45, 2.75) is 6.54 Å². The largest absolute Gasteiger partial charge is 0.364 e. The van der Waals surface area contributed by atoms with Crippen molar-refractivity contribution < 1.29 is 14.0 Å². The number of amides is 2. The van der Waals surface area contributed by atoms with Crippen molar-refractivity contribution in [1.29, 1.82) is 0 Å². The number of hydrogen-bond acceptors (Lipinski definition) is 4. The third-order valence-corrected chi connectivity index (χ3v) is 4.24. The third-order valence-electron chi connectivity index (χ3n) is 4.24. The van der Waals surface area contributed by atoms with Crippen LogP contribution in [0.2, 0.25) is 0 Å².